The van der Waals surface area contributed by atoms with Crippen molar-refractivity contribution in [3.05, 3.63) is 53.7 Å². The van der Waals surface area contributed by atoms with E-state index in [1.54, 1.807) is 0 Å². The molecule has 1 heterocycles. The van der Waals surface area contributed by atoms with Gasteiger partial charge in [-0.25, -0.2) is 4.98 Å². The predicted octanol–water partition coefficient (Wildman–Crippen LogP) is 2.86. The van der Waals surface area contributed by atoms with Crippen molar-refractivity contribution < 1.29 is 9.21 Å². The molecule has 1 aromatic heterocycles. The van der Waals surface area contributed by atoms with E-state index < -0.39 is 0 Å². The molecule has 16 heavy (non-hydrogen) atoms. The van der Waals surface area contributed by atoms with E-state index in [2.05, 4.69) is 11.9 Å². The average Bonchev–Trinajstić information content (AvgIpc) is 2.83. The summed E-state index contributed by atoms with van der Waals surface area (Å²) < 4.78 is 4.97. The van der Waals surface area contributed by atoms with Crippen LogP contribution in [-0.2, 0) is 6.42 Å². The maximum absolute atomic E-state index is 11.8. The van der Waals surface area contributed by atoms with E-state index >= 15 is 0 Å². The molecule has 0 radical (unpaired) electrons. The van der Waals surface area contributed by atoms with Gasteiger partial charge in [0, 0.05) is 5.56 Å². The predicted molar refractivity (Wildman–Crippen MR) is 60.4 cm³/mol. The topological polar surface area (TPSA) is 43.1 Å². The van der Waals surface area contributed by atoms with Crippen molar-refractivity contribution in [3.8, 4) is 0 Å². The molecule has 0 aliphatic heterocycles. The van der Waals surface area contributed by atoms with Gasteiger partial charge in [-0.1, -0.05) is 37.6 Å². The molecule has 0 saturated carbocycles. The summed E-state index contributed by atoms with van der Waals surface area (Å²) in [7, 11) is 0. The van der Waals surface area contributed by atoms with Crippen LogP contribution in [0.15, 0.2) is 41.1 Å². The minimum absolute atomic E-state index is 0.142. The number of ketones is 1. The second-order valence-electron chi connectivity index (χ2n) is 3.61. The van der Waals surface area contributed by atoms with Gasteiger partial charge in [0.15, 0.2) is 0 Å². The number of nitrogens with zero attached hydrogens (tertiary/aromatic N) is 1. The van der Waals surface area contributed by atoms with Crippen LogP contribution < -0.4 is 0 Å². The molecule has 0 amide bonds. The summed E-state index contributed by atoms with van der Waals surface area (Å²) in [6, 6.07) is 7.58. The molecular weight excluding hydrogens is 202 g/mol. The van der Waals surface area contributed by atoms with Gasteiger partial charge in [0.25, 0.3) is 5.89 Å². The van der Waals surface area contributed by atoms with Crippen LogP contribution in [-0.4, -0.2) is 10.8 Å². The number of aromatic nitrogens is 1. The van der Waals surface area contributed by atoms with Crippen molar-refractivity contribution >= 4 is 5.78 Å². The summed E-state index contributed by atoms with van der Waals surface area (Å²) in [5, 5.41) is 0. The molecule has 0 spiro atoms. The molecule has 1 aromatic carbocycles. The quantitative estimate of drug-likeness (QED) is 0.736. The number of hydrogen-bond acceptors (Lipinski definition) is 3. The summed E-state index contributed by atoms with van der Waals surface area (Å²) in [6.07, 6.45) is 5.01. The standard InChI is InChI=1S/C13H13NO2/c1-2-3-10-4-6-11(7-5-10)12(15)13-14-8-9-16-13/h4-9H,2-3H2,1H3. The maximum atomic E-state index is 11.8. The Labute approximate surface area is 94.1 Å². The van der Waals surface area contributed by atoms with Gasteiger partial charge in [-0.3, -0.25) is 4.79 Å². The van der Waals surface area contributed by atoms with E-state index in [0.717, 1.165) is 12.8 Å². The van der Waals surface area contributed by atoms with Crippen LogP contribution in [0.3, 0.4) is 0 Å². The third kappa shape index (κ3) is 2.19. The first-order valence-corrected chi connectivity index (χ1v) is 5.34. The van der Waals surface area contributed by atoms with E-state index in [-0.39, 0.29) is 11.7 Å². The Hall–Kier alpha value is -1.90. The molecule has 0 bridgehead atoms. The Kier molecular flexibility index (Phi) is 3.15. The third-order valence-electron chi connectivity index (χ3n) is 2.38. The van der Waals surface area contributed by atoms with E-state index in [4.69, 9.17) is 4.42 Å². The molecule has 3 heteroatoms. The van der Waals surface area contributed by atoms with Crippen LogP contribution in [0.5, 0.6) is 0 Å². The van der Waals surface area contributed by atoms with Crippen LogP contribution in [0, 0.1) is 0 Å². The summed E-state index contributed by atoms with van der Waals surface area (Å²) in [5.41, 5.74) is 1.86. The van der Waals surface area contributed by atoms with E-state index in [1.807, 2.05) is 24.3 Å². The molecule has 0 N–H and O–H groups in total. The fraction of sp³-hybridized carbons (Fsp3) is 0.231. The highest BCUT2D eigenvalue weighted by Crippen LogP contribution is 2.10. The first-order chi connectivity index (χ1) is 7.81. The van der Waals surface area contributed by atoms with Crippen molar-refractivity contribution in [3.63, 3.8) is 0 Å². The molecule has 0 unspecified atom stereocenters. The van der Waals surface area contributed by atoms with Gasteiger partial charge in [-0.05, 0) is 12.0 Å². The van der Waals surface area contributed by atoms with Gasteiger partial charge in [0.2, 0.25) is 5.78 Å². The Morgan fingerprint density at radius 3 is 2.62 bits per heavy atom. The highest BCUT2D eigenvalue weighted by Gasteiger charge is 2.12. The molecule has 3 nitrogen and oxygen atoms in total. The number of carbonyl (C=O) groups excluding carboxylic acids is 1. The van der Waals surface area contributed by atoms with Crippen molar-refractivity contribution in [2.45, 2.75) is 19.8 Å². The normalized spacial score (nSPS) is 10.3. The minimum Gasteiger partial charge on any atom is -0.442 e. The van der Waals surface area contributed by atoms with Crippen LogP contribution in [0.4, 0.5) is 0 Å². The van der Waals surface area contributed by atoms with E-state index in [9.17, 15) is 4.79 Å². The molecule has 82 valence electrons. The van der Waals surface area contributed by atoms with Gasteiger partial charge in [-0.2, -0.15) is 0 Å². The summed E-state index contributed by atoms with van der Waals surface area (Å²) in [4.78, 5) is 15.7. The lowest BCUT2D eigenvalue weighted by atomic mass is 10.1. The lowest BCUT2D eigenvalue weighted by molar-refractivity contribution is 0.100. The second kappa shape index (κ2) is 4.75. The largest absolute Gasteiger partial charge is 0.442 e. The van der Waals surface area contributed by atoms with Crippen molar-refractivity contribution in [1.29, 1.82) is 0 Å². The van der Waals surface area contributed by atoms with Gasteiger partial charge < -0.3 is 4.42 Å². The van der Waals surface area contributed by atoms with E-state index in [0.29, 0.717) is 5.56 Å². The summed E-state index contributed by atoms with van der Waals surface area (Å²) in [5.74, 6) is -0.0312. The zero-order valence-electron chi connectivity index (χ0n) is 9.14. The number of hydrogen-bond donors (Lipinski definition) is 0. The lowest BCUT2D eigenvalue weighted by Crippen LogP contribution is -2.01. The summed E-state index contributed by atoms with van der Waals surface area (Å²) >= 11 is 0. The van der Waals surface area contributed by atoms with Crippen molar-refractivity contribution in [2.24, 2.45) is 0 Å². The zero-order valence-corrected chi connectivity index (χ0v) is 9.14. The Morgan fingerprint density at radius 2 is 2.06 bits per heavy atom. The van der Waals surface area contributed by atoms with E-state index in [1.165, 1.54) is 18.0 Å². The van der Waals surface area contributed by atoms with Gasteiger partial charge in [0.1, 0.15) is 6.26 Å². The fourth-order valence-corrected chi connectivity index (χ4v) is 1.57. The van der Waals surface area contributed by atoms with Gasteiger partial charge >= 0.3 is 0 Å². The van der Waals surface area contributed by atoms with Crippen LogP contribution in [0.2, 0.25) is 0 Å². The third-order valence-corrected chi connectivity index (χ3v) is 2.38. The van der Waals surface area contributed by atoms with Crippen molar-refractivity contribution in [2.75, 3.05) is 0 Å². The summed E-state index contributed by atoms with van der Waals surface area (Å²) in [6.45, 7) is 2.13. The van der Waals surface area contributed by atoms with Crippen LogP contribution in [0.1, 0.15) is 35.2 Å². The van der Waals surface area contributed by atoms with Crippen LogP contribution in [0.25, 0.3) is 0 Å². The Morgan fingerprint density at radius 1 is 1.31 bits per heavy atom. The highest BCUT2D eigenvalue weighted by atomic mass is 16.3. The molecule has 0 atom stereocenters. The Bertz CT molecular complexity index is 457. The highest BCUT2D eigenvalue weighted by molar-refractivity contribution is 6.05. The van der Waals surface area contributed by atoms with Crippen molar-refractivity contribution in [1.82, 2.24) is 4.98 Å². The number of benzene rings is 1. The number of carbonyl (C=O) groups is 1. The molecule has 0 aliphatic carbocycles. The minimum atomic E-state index is -0.173. The van der Waals surface area contributed by atoms with Crippen LogP contribution >= 0.6 is 0 Å². The zero-order chi connectivity index (χ0) is 11.4. The number of oxazole rings is 1. The maximum Gasteiger partial charge on any atom is 0.268 e. The molecular formula is C13H13NO2. The number of rotatable bonds is 4. The molecule has 0 aliphatic rings. The molecule has 0 saturated heterocycles. The molecule has 2 rings (SSSR count). The average molecular weight is 215 g/mol. The first-order valence-electron chi connectivity index (χ1n) is 5.34. The number of aryl methyl sites for hydroxylation is 1. The Balaban J connectivity index is 2.19. The SMILES string of the molecule is CCCc1ccc(C(=O)c2ncco2)cc1. The molecule has 0 fully saturated rings. The van der Waals surface area contributed by atoms with Gasteiger partial charge in [0.05, 0.1) is 6.20 Å². The fourth-order valence-electron chi connectivity index (χ4n) is 1.57. The lowest BCUT2D eigenvalue weighted by Gasteiger charge is -2.00. The second-order valence-corrected chi connectivity index (χ2v) is 3.61. The monoisotopic (exact) mass is 215 g/mol. The first kappa shape index (κ1) is 10.6. The smallest absolute Gasteiger partial charge is 0.268 e. The van der Waals surface area contributed by atoms with Gasteiger partial charge in [-0.15, -0.1) is 0 Å². The molecule has 2 aromatic rings.